The number of ether oxygens (including phenoxy) is 1. The van der Waals surface area contributed by atoms with Crippen LogP contribution in [0.2, 0.25) is 0 Å². The molecule has 0 aliphatic heterocycles. The van der Waals surface area contributed by atoms with E-state index in [1.165, 1.54) is 6.33 Å². The van der Waals surface area contributed by atoms with Crippen LogP contribution in [0, 0.1) is 0 Å². The molecule has 0 radical (unpaired) electrons. The van der Waals surface area contributed by atoms with Gasteiger partial charge in [0, 0.05) is 17.2 Å². The summed E-state index contributed by atoms with van der Waals surface area (Å²) in [5, 5.41) is 4.69. The number of methoxy groups -OCH3 is 1. The Labute approximate surface area is 134 Å². The Balaban J connectivity index is 1.82. The molecule has 7 heteroatoms. The summed E-state index contributed by atoms with van der Waals surface area (Å²) in [6.45, 7) is 0.568. The summed E-state index contributed by atoms with van der Waals surface area (Å²) in [5.74, 6) is 1.43. The molecule has 0 spiro atoms. The van der Waals surface area contributed by atoms with Crippen LogP contribution < -0.4 is 15.4 Å². The van der Waals surface area contributed by atoms with Crippen LogP contribution in [-0.2, 0) is 6.54 Å². The molecule has 0 bridgehead atoms. The van der Waals surface area contributed by atoms with Crippen LogP contribution >= 0.6 is 8.38 Å². The zero-order chi connectivity index (χ0) is 16.2. The zero-order valence-electron chi connectivity index (χ0n) is 12.5. The molecule has 0 saturated carbocycles. The van der Waals surface area contributed by atoms with Gasteiger partial charge >= 0.3 is 0 Å². The summed E-state index contributed by atoms with van der Waals surface area (Å²) in [5.41, 5.74) is 1.77. The second-order valence-electron chi connectivity index (χ2n) is 4.89. The van der Waals surface area contributed by atoms with Crippen molar-refractivity contribution in [2.75, 3.05) is 12.4 Å². The highest BCUT2D eigenvalue weighted by atomic mass is 31.2. The summed E-state index contributed by atoms with van der Waals surface area (Å²) in [4.78, 5) is 26.9. The second kappa shape index (κ2) is 6.87. The van der Waals surface area contributed by atoms with E-state index in [9.17, 15) is 0 Å². The molecule has 0 amide bonds. The van der Waals surface area contributed by atoms with Crippen LogP contribution in [0.4, 0.5) is 5.82 Å². The highest BCUT2D eigenvalue weighted by Crippen LogP contribution is 2.27. The first-order valence-corrected chi connectivity index (χ1v) is 8.22. The average Bonchev–Trinajstić information content (AvgIpc) is 2.59. The summed E-state index contributed by atoms with van der Waals surface area (Å²) >= 11 is 0. The van der Waals surface area contributed by atoms with E-state index in [0.29, 0.717) is 17.6 Å². The van der Waals surface area contributed by atoms with Crippen LogP contribution in [0.1, 0.15) is 5.56 Å². The minimum atomic E-state index is -2.05. The fourth-order valence-corrected chi connectivity index (χ4v) is 2.71. The lowest BCUT2D eigenvalue weighted by atomic mass is 10.2. The molecule has 2 aromatic carbocycles. The van der Waals surface area contributed by atoms with Gasteiger partial charge in [0.05, 0.1) is 7.11 Å². The second-order valence-corrected chi connectivity index (χ2v) is 5.98. The molecule has 0 saturated heterocycles. The predicted molar refractivity (Wildman–Crippen MR) is 90.9 cm³/mol. The molecule has 0 aliphatic carbocycles. The van der Waals surface area contributed by atoms with E-state index in [1.807, 2.05) is 30.3 Å². The van der Waals surface area contributed by atoms with Crippen LogP contribution in [0.3, 0.4) is 0 Å². The highest BCUT2D eigenvalue weighted by Gasteiger charge is 2.08. The molecular formula is C16H16N3O3P. The number of hydrogen-bond donors (Lipinski definition) is 3. The molecule has 3 rings (SSSR count). The van der Waals surface area contributed by atoms with Gasteiger partial charge in [-0.1, -0.05) is 18.2 Å². The van der Waals surface area contributed by atoms with E-state index in [0.717, 1.165) is 22.3 Å². The standard InChI is InChI=1S/C16H16N3O3P/c1-22-14-4-2-3-13-15(14)18-10-19-16(13)17-9-11-5-7-12(8-6-11)23(20)21/h2-8,10,20-21H,9H2,1H3,(H,17,18,19). The largest absolute Gasteiger partial charge is 0.494 e. The Bertz CT molecular complexity index is 809. The van der Waals surface area contributed by atoms with Gasteiger partial charge in [0.2, 0.25) is 0 Å². The van der Waals surface area contributed by atoms with Gasteiger partial charge in [-0.05, 0) is 29.8 Å². The molecule has 0 unspecified atom stereocenters. The topological polar surface area (TPSA) is 87.5 Å². The number of rotatable bonds is 5. The molecule has 0 fully saturated rings. The third-order valence-electron chi connectivity index (χ3n) is 3.47. The fraction of sp³-hybridized carbons (Fsp3) is 0.125. The number of benzene rings is 2. The first-order chi connectivity index (χ1) is 11.2. The van der Waals surface area contributed by atoms with Crippen molar-refractivity contribution < 1.29 is 14.5 Å². The molecule has 3 N–H and O–H groups in total. The molecule has 118 valence electrons. The van der Waals surface area contributed by atoms with Crippen molar-refractivity contribution >= 4 is 30.4 Å². The number of para-hydroxylation sites is 1. The minimum absolute atomic E-state index is 0.529. The van der Waals surface area contributed by atoms with Crippen LogP contribution in [0.25, 0.3) is 10.9 Å². The Hall–Kier alpha value is -2.27. The smallest absolute Gasteiger partial charge is 0.199 e. The number of nitrogens with zero attached hydrogens (tertiary/aromatic N) is 2. The van der Waals surface area contributed by atoms with Crippen LogP contribution in [-0.4, -0.2) is 26.9 Å². The van der Waals surface area contributed by atoms with Gasteiger partial charge in [-0.2, -0.15) is 0 Å². The first kappa shape index (κ1) is 15.6. The van der Waals surface area contributed by atoms with Gasteiger partial charge in [-0.15, -0.1) is 0 Å². The number of anilines is 1. The van der Waals surface area contributed by atoms with Crippen LogP contribution in [0.15, 0.2) is 48.8 Å². The molecule has 6 nitrogen and oxygen atoms in total. The number of aromatic nitrogens is 2. The third kappa shape index (κ3) is 3.40. The van der Waals surface area contributed by atoms with E-state index in [4.69, 9.17) is 14.5 Å². The zero-order valence-corrected chi connectivity index (χ0v) is 13.4. The van der Waals surface area contributed by atoms with Gasteiger partial charge in [-0.25, -0.2) is 9.97 Å². The van der Waals surface area contributed by atoms with Crippen molar-refractivity contribution in [1.82, 2.24) is 9.97 Å². The number of nitrogens with one attached hydrogen (secondary N) is 1. The molecule has 23 heavy (non-hydrogen) atoms. The Morgan fingerprint density at radius 2 is 1.87 bits per heavy atom. The number of hydrogen-bond acceptors (Lipinski definition) is 6. The van der Waals surface area contributed by atoms with Gasteiger partial charge < -0.3 is 19.8 Å². The van der Waals surface area contributed by atoms with Crippen LogP contribution in [0.5, 0.6) is 5.75 Å². The highest BCUT2D eigenvalue weighted by molar-refractivity contribution is 7.54. The summed E-state index contributed by atoms with van der Waals surface area (Å²) < 4.78 is 5.32. The molecular weight excluding hydrogens is 313 g/mol. The van der Waals surface area contributed by atoms with Crippen molar-refractivity contribution in [2.24, 2.45) is 0 Å². The molecule has 3 aromatic rings. The van der Waals surface area contributed by atoms with Crippen molar-refractivity contribution in [3.05, 3.63) is 54.4 Å². The number of fused-ring (bicyclic) bond motifs is 1. The van der Waals surface area contributed by atoms with E-state index in [-0.39, 0.29) is 0 Å². The molecule has 1 aromatic heterocycles. The van der Waals surface area contributed by atoms with E-state index >= 15 is 0 Å². The third-order valence-corrected chi connectivity index (χ3v) is 4.23. The maximum atomic E-state index is 9.17. The van der Waals surface area contributed by atoms with Gasteiger partial charge in [0.1, 0.15) is 23.4 Å². The fourth-order valence-electron chi connectivity index (χ4n) is 2.30. The lowest BCUT2D eigenvalue weighted by molar-refractivity contribution is 0.419. The summed E-state index contributed by atoms with van der Waals surface area (Å²) in [6, 6.07) is 12.8. The maximum absolute atomic E-state index is 9.17. The van der Waals surface area contributed by atoms with Gasteiger partial charge in [0.15, 0.2) is 8.38 Å². The molecule has 0 aliphatic rings. The summed E-state index contributed by atoms with van der Waals surface area (Å²) in [6.07, 6.45) is 1.50. The Kier molecular flexibility index (Phi) is 4.67. The van der Waals surface area contributed by atoms with E-state index in [2.05, 4.69) is 15.3 Å². The quantitative estimate of drug-likeness (QED) is 0.622. The normalized spacial score (nSPS) is 11.0. The van der Waals surface area contributed by atoms with Gasteiger partial charge in [-0.3, -0.25) is 0 Å². The lowest BCUT2D eigenvalue weighted by Gasteiger charge is -2.10. The monoisotopic (exact) mass is 329 g/mol. The average molecular weight is 329 g/mol. The predicted octanol–water partition coefficient (Wildman–Crippen LogP) is 2.17. The van der Waals surface area contributed by atoms with E-state index in [1.54, 1.807) is 19.2 Å². The van der Waals surface area contributed by atoms with Crippen molar-refractivity contribution in [1.29, 1.82) is 0 Å². The van der Waals surface area contributed by atoms with Crippen molar-refractivity contribution in [3.63, 3.8) is 0 Å². The summed E-state index contributed by atoms with van der Waals surface area (Å²) in [7, 11) is -0.431. The maximum Gasteiger partial charge on any atom is 0.199 e. The minimum Gasteiger partial charge on any atom is -0.494 e. The molecule has 1 heterocycles. The van der Waals surface area contributed by atoms with Crippen molar-refractivity contribution in [2.45, 2.75) is 6.54 Å². The van der Waals surface area contributed by atoms with E-state index < -0.39 is 8.38 Å². The molecule has 0 atom stereocenters. The Morgan fingerprint density at radius 1 is 1.09 bits per heavy atom. The van der Waals surface area contributed by atoms with Gasteiger partial charge in [0.25, 0.3) is 0 Å². The lowest BCUT2D eigenvalue weighted by Crippen LogP contribution is -2.05. The first-order valence-electron chi connectivity index (χ1n) is 6.97. The Morgan fingerprint density at radius 3 is 2.57 bits per heavy atom. The van der Waals surface area contributed by atoms with Crippen molar-refractivity contribution in [3.8, 4) is 5.75 Å². The SMILES string of the molecule is COc1cccc2c(NCc3ccc(P(O)O)cc3)ncnc12.